The van der Waals surface area contributed by atoms with Crippen molar-refractivity contribution in [2.45, 2.75) is 20.4 Å². The predicted molar refractivity (Wildman–Crippen MR) is 70.8 cm³/mol. The van der Waals surface area contributed by atoms with Crippen LogP contribution in [0.3, 0.4) is 0 Å². The molecule has 2 N–H and O–H groups in total. The monoisotopic (exact) mass is 266 g/mol. The van der Waals surface area contributed by atoms with Crippen molar-refractivity contribution in [2.75, 3.05) is 5.32 Å². The first-order chi connectivity index (χ1) is 8.56. The summed E-state index contributed by atoms with van der Waals surface area (Å²) in [6.07, 6.45) is 5.08. The van der Waals surface area contributed by atoms with Crippen molar-refractivity contribution in [2.24, 2.45) is 5.92 Å². The van der Waals surface area contributed by atoms with Crippen molar-refractivity contribution in [3.8, 4) is 0 Å². The molecule has 0 fully saturated rings. The second-order valence-electron chi connectivity index (χ2n) is 4.48. The number of nitrogens with one attached hydrogen (secondary N) is 2. The second kappa shape index (κ2) is 5.27. The van der Waals surface area contributed by atoms with Gasteiger partial charge in [0.1, 0.15) is 5.69 Å². The van der Waals surface area contributed by atoms with Crippen LogP contribution in [0.5, 0.6) is 0 Å². The fraction of sp³-hybridized carbons (Fsp3) is 0.333. The lowest BCUT2D eigenvalue weighted by molar-refractivity contribution is 0.102. The molecule has 0 radical (unpaired) electrons. The van der Waals surface area contributed by atoms with Crippen LogP contribution in [0, 0.1) is 5.92 Å². The summed E-state index contributed by atoms with van der Waals surface area (Å²) in [7, 11) is 0. The minimum Gasteiger partial charge on any atom is -0.356 e. The molecular weight excluding hydrogens is 252 g/mol. The summed E-state index contributed by atoms with van der Waals surface area (Å²) in [6, 6.07) is 1.58. The molecule has 0 aliphatic rings. The van der Waals surface area contributed by atoms with Crippen LogP contribution < -0.4 is 5.32 Å². The zero-order valence-electron chi connectivity index (χ0n) is 10.3. The maximum absolute atomic E-state index is 11.9. The Labute approximate surface area is 110 Å². The normalized spacial score (nSPS) is 10.9. The van der Waals surface area contributed by atoms with Gasteiger partial charge in [-0.1, -0.05) is 25.4 Å². The number of imidazole rings is 1. The van der Waals surface area contributed by atoms with E-state index in [9.17, 15) is 4.79 Å². The first kappa shape index (κ1) is 12.7. The third kappa shape index (κ3) is 2.92. The van der Waals surface area contributed by atoms with E-state index in [-0.39, 0.29) is 5.91 Å². The molecule has 96 valence electrons. The largest absolute Gasteiger partial charge is 0.356 e. The molecule has 2 rings (SSSR count). The van der Waals surface area contributed by atoms with E-state index in [0.717, 1.165) is 6.54 Å². The van der Waals surface area contributed by atoms with E-state index in [1.54, 1.807) is 18.5 Å². The Kier molecular flexibility index (Phi) is 3.72. The zero-order chi connectivity index (χ0) is 13.1. The minimum absolute atomic E-state index is 0.252. The second-order valence-corrected chi connectivity index (χ2v) is 4.92. The number of hydrogen-bond acceptors (Lipinski definition) is 2. The van der Waals surface area contributed by atoms with E-state index >= 15 is 0 Å². The molecule has 18 heavy (non-hydrogen) atoms. The summed E-state index contributed by atoms with van der Waals surface area (Å²) in [5.74, 6) is 0.771. The molecular formula is C12H15ClN4O. The lowest BCUT2D eigenvalue weighted by Gasteiger charge is -2.10. The molecule has 6 heteroatoms. The molecule has 0 aliphatic heterocycles. The Bertz CT molecular complexity index is 544. The molecule has 0 saturated heterocycles. The summed E-state index contributed by atoms with van der Waals surface area (Å²) in [6.45, 7) is 5.02. The Morgan fingerprint density at radius 2 is 2.39 bits per heavy atom. The SMILES string of the molecule is CC(C)Cn1ccnc1NC(=O)c1cc(Cl)c[nH]1. The molecule has 0 aromatic carbocycles. The molecule has 5 nitrogen and oxygen atoms in total. The van der Waals surface area contributed by atoms with Crippen molar-refractivity contribution >= 4 is 23.5 Å². The maximum atomic E-state index is 11.9. The van der Waals surface area contributed by atoms with Gasteiger partial charge >= 0.3 is 0 Å². The fourth-order valence-electron chi connectivity index (χ4n) is 1.64. The van der Waals surface area contributed by atoms with E-state index in [1.807, 2.05) is 10.8 Å². The molecule has 0 spiro atoms. The average Bonchev–Trinajstić information content (AvgIpc) is 2.88. The van der Waals surface area contributed by atoms with Crippen molar-refractivity contribution in [3.05, 3.63) is 35.4 Å². The average molecular weight is 267 g/mol. The Morgan fingerprint density at radius 1 is 1.61 bits per heavy atom. The molecule has 2 aromatic rings. The van der Waals surface area contributed by atoms with Crippen LogP contribution >= 0.6 is 11.6 Å². The molecule has 0 unspecified atom stereocenters. The number of anilines is 1. The van der Waals surface area contributed by atoms with Gasteiger partial charge in [-0.2, -0.15) is 0 Å². The number of aromatic amines is 1. The topological polar surface area (TPSA) is 62.7 Å². The number of halogens is 1. The number of carbonyl (C=O) groups is 1. The molecule has 0 bridgehead atoms. The Hall–Kier alpha value is -1.75. The molecule has 0 saturated carbocycles. The number of nitrogens with zero attached hydrogens (tertiary/aromatic N) is 2. The lowest BCUT2D eigenvalue weighted by atomic mass is 10.2. The zero-order valence-corrected chi connectivity index (χ0v) is 11.0. The van der Waals surface area contributed by atoms with Crippen LogP contribution in [0.25, 0.3) is 0 Å². The van der Waals surface area contributed by atoms with E-state index < -0.39 is 0 Å². The van der Waals surface area contributed by atoms with Crippen molar-refractivity contribution in [1.82, 2.24) is 14.5 Å². The number of H-pyrrole nitrogens is 1. The van der Waals surface area contributed by atoms with Crippen LogP contribution in [0.1, 0.15) is 24.3 Å². The summed E-state index contributed by atoms with van der Waals surface area (Å²) < 4.78 is 1.91. The highest BCUT2D eigenvalue weighted by Crippen LogP contribution is 2.12. The van der Waals surface area contributed by atoms with E-state index in [2.05, 4.69) is 29.1 Å². The van der Waals surface area contributed by atoms with Crippen molar-refractivity contribution < 1.29 is 4.79 Å². The van der Waals surface area contributed by atoms with Crippen molar-refractivity contribution in [3.63, 3.8) is 0 Å². The van der Waals surface area contributed by atoms with Crippen LogP contribution in [-0.2, 0) is 6.54 Å². The predicted octanol–water partition coefficient (Wildman–Crippen LogP) is 2.77. The number of rotatable bonds is 4. The third-order valence-electron chi connectivity index (χ3n) is 2.40. The third-order valence-corrected chi connectivity index (χ3v) is 2.61. The van der Waals surface area contributed by atoms with Crippen LogP contribution in [-0.4, -0.2) is 20.4 Å². The van der Waals surface area contributed by atoms with Gasteiger partial charge in [-0.3, -0.25) is 10.1 Å². The van der Waals surface area contributed by atoms with Gasteiger partial charge in [0.05, 0.1) is 5.02 Å². The number of amides is 1. The summed E-state index contributed by atoms with van der Waals surface area (Å²) in [4.78, 5) is 18.8. The summed E-state index contributed by atoms with van der Waals surface area (Å²) in [5.41, 5.74) is 0.416. The minimum atomic E-state index is -0.252. The van der Waals surface area contributed by atoms with Crippen molar-refractivity contribution in [1.29, 1.82) is 0 Å². The van der Waals surface area contributed by atoms with Gasteiger partial charge in [0, 0.05) is 25.1 Å². The standard InChI is InChI=1S/C12H15ClN4O/c1-8(2)7-17-4-3-14-12(17)16-11(18)10-5-9(13)6-15-10/h3-6,8,15H,7H2,1-2H3,(H,14,16,18). The van der Waals surface area contributed by atoms with Gasteiger partial charge < -0.3 is 9.55 Å². The molecule has 2 aromatic heterocycles. The number of aromatic nitrogens is 3. The quantitative estimate of drug-likeness (QED) is 0.894. The maximum Gasteiger partial charge on any atom is 0.274 e. The van der Waals surface area contributed by atoms with E-state index in [1.165, 1.54) is 0 Å². The van der Waals surface area contributed by atoms with Crippen LogP contribution in [0.2, 0.25) is 5.02 Å². The lowest BCUT2D eigenvalue weighted by Crippen LogP contribution is -2.17. The van der Waals surface area contributed by atoms with Gasteiger partial charge in [0.2, 0.25) is 5.95 Å². The Balaban J connectivity index is 2.10. The van der Waals surface area contributed by atoms with E-state index in [0.29, 0.717) is 22.6 Å². The van der Waals surface area contributed by atoms with Gasteiger partial charge in [0.15, 0.2) is 0 Å². The van der Waals surface area contributed by atoms with Gasteiger partial charge in [-0.05, 0) is 12.0 Å². The smallest absolute Gasteiger partial charge is 0.274 e. The van der Waals surface area contributed by atoms with E-state index in [4.69, 9.17) is 11.6 Å². The fourth-order valence-corrected chi connectivity index (χ4v) is 1.81. The van der Waals surface area contributed by atoms with Gasteiger partial charge in [-0.25, -0.2) is 4.98 Å². The molecule has 0 atom stereocenters. The van der Waals surface area contributed by atoms with Crippen LogP contribution in [0.4, 0.5) is 5.95 Å². The molecule has 0 aliphatic carbocycles. The Morgan fingerprint density at radius 3 is 3.00 bits per heavy atom. The summed E-state index contributed by atoms with van der Waals surface area (Å²) in [5, 5.41) is 3.25. The highest BCUT2D eigenvalue weighted by molar-refractivity contribution is 6.31. The first-order valence-electron chi connectivity index (χ1n) is 5.72. The molecule has 2 heterocycles. The van der Waals surface area contributed by atoms with Gasteiger partial charge in [-0.15, -0.1) is 0 Å². The number of carbonyl (C=O) groups excluding carboxylic acids is 1. The van der Waals surface area contributed by atoms with Gasteiger partial charge in [0.25, 0.3) is 5.91 Å². The number of hydrogen-bond donors (Lipinski definition) is 2. The first-order valence-corrected chi connectivity index (χ1v) is 6.10. The highest BCUT2D eigenvalue weighted by atomic mass is 35.5. The molecule has 1 amide bonds. The summed E-state index contributed by atoms with van der Waals surface area (Å²) >= 11 is 5.75. The van der Waals surface area contributed by atoms with Crippen LogP contribution in [0.15, 0.2) is 24.7 Å². The highest BCUT2D eigenvalue weighted by Gasteiger charge is 2.12.